The summed E-state index contributed by atoms with van der Waals surface area (Å²) in [5.74, 6) is -0.792. The Morgan fingerprint density at radius 1 is 1.19 bits per heavy atom. The smallest absolute Gasteiger partial charge is 0.337 e. The number of nitrogens with zero attached hydrogens (tertiary/aromatic N) is 1. The molecule has 0 saturated carbocycles. The Kier molecular flexibility index (Phi) is 6.05. The van der Waals surface area contributed by atoms with E-state index >= 15 is 0 Å². The summed E-state index contributed by atoms with van der Waals surface area (Å²) in [4.78, 5) is 30.2. The Bertz CT molecular complexity index is 769. The lowest BCUT2D eigenvalue weighted by Gasteiger charge is -2.26. The van der Waals surface area contributed by atoms with Crippen molar-refractivity contribution in [3.8, 4) is 0 Å². The van der Waals surface area contributed by atoms with Crippen LogP contribution in [0, 0.1) is 0 Å². The van der Waals surface area contributed by atoms with Crippen molar-refractivity contribution in [2.45, 2.75) is 31.2 Å². The van der Waals surface area contributed by atoms with Gasteiger partial charge in [-0.25, -0.2) is 9.86 Å². The number of amides is 1. The summed E-state index contributed by atoms with van der Waals surface area (Å²) in [7, 11) is 1.31. The molecule has 142 valence electrons. The summed E-state index contributed by atoms with van der Waals surface area (Å²) in [6, 6.07) is 18.1. The molecular formula is C20H23N3O4. The number of para-hydroxylation sites is 1. The zero-order chi connectivity index (χ0) is 19.2. The first-order valence-electron chi connectivity index (χ1n) is 8.77. The van der Waals surface area contributed by atoms with Crippen molar-refractivity contribution >= 4 is 17.6 Å². The van der Waals surface area contributed by atoms with Crippen LogP contribution in [0.3, 0.4) is 0 Å². The number of carbonyl (C=O) groups is 2. The maximum atomic E-state index is 12.6. The Morgan fingerprint density at radius 2 is 1.81 bits per heavy atom. The molecule has 1 aliphatic rings. The molecule has 27 heavy (non-hydrogen) atoms. The third kappa shape index (κ3) is 4.64. The molecule has 1 aliphatic heterocycles. The van der Waals surface area contributed by atoms with Crippen LogP contribution in [-0.4, -0.2) is 37.3 Å². The number of ether oxygens (including phenoxy) is 1. The minimum atomic E-state index is -0.786. The van der Waals surface area contributed by atoms with Gasteiger partial charge in [-0.2, -0.15) is 0 Å². The second kappa shape index (κ2) is 8.66. The number of esters is 1. The molecule has 0 spiro atoms. The van der Waals surface area contributed by atoms with Crippen molar-refractivity contribution in [1.29, 1.82) is 0 Å². The van der Waals surface area contributed by atoms with Crippen molar-refractivity contribution in [2.24, 2.45) is 5.73 Å². The lowest BCUT2D eigenvalue weighted by molar-refractivity contribution is -0.151. The van der Waals surface area contributed by atoms with E-state index in [4.69, 9.17) is 15.3 Å². The molecule has 1 saturated heterocycles. The van der Waals surface area contributed by atoms with Gasteiger partial charge in [0, 0.05) is 6.42 Å². The summed E-state index contributed by atoms with van der Waals surface area (Å²) in [6.45, 7) is 0. The third-order valence-electron chi connectivity index (χ3n) is 4.38. The number of carbonyl (C=O) groups excluding carboxylic acids is 2. The monoisotopic (exact) mass is 369 g/mol. The Morgan fingerprint density at radius 3 is 2.44 bits per heavy atom. The molecule has 2 aromatic carbocycles. The molecule has 0 aromatic heterocycles. The predicted molar refractivity (Wildman–Crippen MR) is 100 cm³/mol. The maximum absolute atomic E-state index is 12.6. The van der Waals surface area contributed by atoms with E-state index < -0.39 is 24.3 Å². The molecule has 1 amide bonds. The predicted octanol–water partition coefficient (Wildman–Crippen LogP) is 1.38. The van der Waals surface area contributed by atoms with Crippen molar-refractivity contribution in [2.75, 3.05) is 12.2 Å². The normalized spacial score (nSPS) is 20.1. The summed E-state index contributed by atoms with van der Waals surface area (Å²) in [6.07, 6.45) is -0.617. The Labute approximate surface area is 158 Å². The molecule has 3 N–H and O–H groups in total. The third-order valence-corrected chi connectivity index (χ3v) is 4.38. The number of nitrogens with one attached hydrogen (secondary N) is 1. The summed E-state index contributed by atoms with van der Waals surface area (Å²) >= 11 is 0. The highest BCUT2D eigenvalue weighted by atomic mass is 16.7. The van der Waals surface area contributed by atoms with Crippen LogP contribution in [0.1, 0.15) is 12.0 Å². The minimum absolute atomic E-state index is 0.269. The molecule has 1 heterocycles. The van der Waals surface area contributed by atoms with Gasteiger partial charge in [-0.15, -0.1) is 0 Å². The molecule has 7 nitrogen and oxygen atoms in total. The van der Waals surface area contributed by atoms with Gasteiger partial charge in [-0.05, 0) is 24.1 Å². The number of benzene rings is 2. The number of anilines is 1. The molecule has 2 aromatic rings. The van der Waals surface area contributed by atoms with Crippen molar-refractivity contribution in [3.63, 3.8) is 0 Å². The van der Waals surface area contributed by atoms with Gasteiger partial charge in [-0.1, -0.05) is 48.5 Å². The highest BCUT2D eigenvalue weighted by molar-refractivity contribution is 5.83. The number of nitrogens with two attached hydrogens (primary N) is 1. The van der Waals surface area contributed by atoms with Gasteiger partial charge in [0.15, 0.2) is 6.10 Å². The molecule has 3 rings (SSSR count). The fourth-order valence-electron chi connectivity index (χ4n) is 2.99. The zero-order valence-electron chi connectivity index (χ0n) is 15.1. The maximum Gasteiger partial charge on any atom is 0.337 e. The number of rotatable bonds is 6. The minimum Gasteiger partial charge on any atom is -0.467 e. The van der Waals surface area contributed by atoms with Gasteiger partial charge in [0.2, 0.25) is 5.91 Å². The summed E-state index contributed by atoms with van der Waals surface area (Å²) in [5.41, 5.74) is 7.78. The average molecular weight is 369 g/mol. The number of hydrogen-bond donors (Lipinski definition) is 2. The van der Waals surface area contributed by atoms with E-state index in [9.17, 15) is 9.59 Å². The van der Waals surface area contributed by atoms with Crippen LogP contribution in [0.15, 0.2) is 60.7 Å². The van der Waals surface area contributed by atoms with E-state index in [-0.39, 0.29) is 12.3 Å². The van der Waals surface area contributed by atoms with Gasteiger partial charge in [-0.3, -0.25) is 9.63 Å². The van der Waals surface area contributed by atoms with E-state index in [0.717, 1.165) is 11.3 Å². The van der Waals surface area contributed by atoms with Gasteiger partial charge in [0.05, 0.1) is 18.8 Å². The fraction of sp³-hybridized carbons (Fsp3) is 0.300. The largest absolute Gasteiger partial charge is 0.467 e. The second-order valence-corrected chi connectivity index (χ2v) is 6.33. The highest BCUT2D eigenvalue weighted by Gasteiger charge is 2.40. The van der Waals surface area contributed by atoms with Gasteiger partial charge in [0.25, 0.3) is 0 Å². The second-order valence-electron chi connectivity index (χ2n) is 6.33. The van der Waals surface area contributed by atoms with Crippen molar-refractivity contribution < 1.29 is 19.2 Å². The van der Waals surface area contributed by atoms with E-state index in [1.807, 2.05) is 60.7 Å². The zero-order valence-corrected chi connectivity index (χ0v) is 15.1. The van der Waals surface area contributed by atoms with Crippen molar-refractivity contribution in [3.05, 3.63) is 66.2 Å². The first-order valence-corrected chi connectivity index (χ1v) is 8.77. The Hall–Kier alpha value is -2.90. The first-order chi connectivity index (χ1) is 13.1. The quantitative estimate of drug-likeness (QED) is 0.747. The molecule has 0 radical (unpaired) electrons. The molecule has 0 bridgehead atoms. The molecule has 0 aliphatic carbocycles. The van der Waals surface area contributed by atoms with E-state index in [1.165, 1.54) is 12.2 Å². The van der Waals surface area contributed by atoms with Crippen molar-refractivity contribution in [1.82, 2.24) is 5.32 Å². The fourth-order valence-corrected chi connectivity index (χ4v) is 2.99. The van der Waals surface area contributed by atoms with Crippen LogP contribution in [0.4, 0.5) is 5.69 Å². The lowest BCUT2D eigenvalue weighted by Crippen LogP contribution is -2.50. The van der Waals surface area contributed by atoms with Crippen LogP contribution in [-0.2, 0) is 25.6 Å². The standard InChI is InChI=1S/C20H23N3O4/c1-26-20(25)17-13-18(23(27-17)15-10-6-3-7-11-15)22-19(24)16(21)12-14-8-4-2-5-9-14/h2-11,16-18H,12-13,21H2,1H3,(H,22,24)/t16-,17+,18-/m0/s1. The van der Waals surface area contributed by atoms with E-state index in [2.05, 4.69) is 5.32 Å². The molecule has 7 heteroatoms. The van der Waals surface area contributed by atoms with Crippen LogP contribution in [0.2, 0.25) is 0 Å². The summed E-state index contributed by atoms with van der Waals surface area (Å²) < 4.78 is 4.77. The summed E-state index contributed by atoms with van der Waals surface area (Å²) in [5, 5.41) is 4.41. The SMILES string of the molecule is COC(=O)[C@H]1C[C@@H](NC(=O)[C@@H](N)Cc2ccccc2)N(c2ccccc2)O1. The van der Waals surface area contributed by atoms with Gasteiger partial charge >= 0.3 is 5.97 Å². The molecule has 0 unspecified atom stereocenters. The van der Waals surface area contributed by atoms with Crippen LogP contribution < -0.4 is 16.1 Å². The molecular weight excluding hydrogens is 346 g/mol. The molecule has 3 atom stereocenters. The topological polar surface area (TPSA) is 93.9 Å². The van der Waals surface area contributed by atoms with Crippen LogP contribution >= 0.6 is 0 Å². The van der Waals surface area contributed by atoms with E-state index in [1.54, 1.807) is 0 Å². The van der Waals surface area contributed by atoms with E-state index in [0.29, 0.717) is 6.42 Å². The first kappa shape index (κ1) is 18.9. The Balaban J connectivity index is 1.70. The number of methoxy groups -OCH3 is 1. The molecule has 1 fully saturated rings. The lowest BCUT2D eigenvalue weighted by atomic mass is 10.1. The highest BCUT2D eigenvalue weighted by Crippen LogP contribution is 2.27. The van der Waals surface area contributed by atoms with Crippen LogP contribution in [0.5, 0.6) is 0 Å². The van der Waals surface area contributed by atoms with Gasteiger partial charge < -0.3 is 15.8 Å². The number of hydrogen-bond acceptors (Lipinski definition) is 6. The van der Waals surface area contributed by atoms with Gasteiger partial charge in [0.1, 0.15) is 6.17 Å². The number of hydroxylamine groups is 1. The van der Waals surface area contributed by atoms with Crippen LogP contribution in [0.25, 0.3) is 0 Å². The average Bonchev–Trinajstić information content (AvgIpc) is 3.12.